The van der Waals surface area contributed by atoms with Crippen LogP contribution in [0.2, 0.25) is 0 Å². The summed E-state index contributed by atoms with van der Waals surface area (Å²) >= 11 is 0. The molecule has 2 aliphatic rings. The van der Waals surface area contributed by atoms with Crippen LogP contribution in [0.5, 0.6) is 0 Å². The lowest BCUT2D eigenvalue weighted by Gasteiger charge is -2.38. The van der Waals surface area contributed by atoms with Gasteiger partial charge in [-0.05, 0) is 36.2 Å². The summed E-state index contributed by atoms with van der Waals surface area (Å²) in [6, 6.07) is 16.4. The first kappa shape index (κ1) is 19.6. The van der Waals surface area contributed by atoms with E-state index in [2.05, 4.69) is 22.3 Å². The maximum atomic E-state index is 13.0. The molecule has 2 aliphatic heterocycles. The summed E-state index contributed by atoms with van der Waals surface area (Å²) in [5.41, 5.74) is 1.85. The number of hydrogen-bond donors (Lipinski definition) is 1. The van der Waals surface area contributed by atoms with Crippen molar-refractivity contribution in [1.29, 1.82) is 0 Å². The lowest BCUT2D eigenvalue weighted by Crippen LogP contribution is -2.49. The highest BCUT2D eigenvalue weighted by atomic mass is 19.1. The Labute approximate surface area is 170 Å². The molecular weight excluding hydrogens is 369 g/mol. The number of rotatable bonds is 4. The Bertz CT molecular complexity index is 871. The molecule has 2 aromatic carbocycles. The van der Waals surface area contributed by atoms with Crippen molar-refractivity contribution in [2.45, 2.75) is 25.3 Å². The standard InChI is InChI=1S/C23H26FN3O2/c1-16(28)27-14-20(17-5-3-2-4-6-17)21-13-26(12-11-22(21)27)15-23(29)25-19-9-7-18(24)8-10-19/h2-10,20-22H,11-15H2,1H3,(H,25,29)/t20-,21-,22-/m1/s1. The monoisotopic (exact) mass is 395 g/mol. The van der Waals surface area contributed by atoms with Gasteiger partial charge in [-0.3, -0.25) is 14.5 Å². The Hall–Kier alpha value is -2.73. The number of nitrogens with one attached hydrogen (secondary N) is 1. The summed E-state index contributed by atoms with van der Waals surface area (Å²) in [5.74, 6) is 0.295. The minimum absolute atomic E-state index is 0.104. The van der Waals surface area contributed by atoms with Gasteiger partial charge in [-0.15, -0.1) is 0 Å². The minimum Gasteiger partial charge on any atom is -0.339 e. The van der Waals surface area contributed by atoms with Gasteiger partial charge in [-0.2, -0.15) is 0 Å². The predicted molar refractivity (Wildman–Crippen MR) is 110 cm³/mol. The molecule has 29 heavy (non-hydrogen) atoms. The molecule has 0 radical (unpaired) electrons. The average Bonchev–Trinajstić information content (AvgIpc) is 3.09. The Morgan fingerprint density at radius 3 is 2.48 bits per heavy atom. The van der Waals surface area contributed by atoms with Gasteiger partial charge in [0.25, 0.3) is 0 Å². The van der Waals surface area contributed by atoms with Crippen LogP contribution in [0.25, 0.3) is 0 Å². The highest BCUT2D eigenvalue weighted by molar-refractivity contribution is 5.92. The van der Waals surface area contributed by atoms with Crippen LogP contribution in [0.4, 0.5) is 10.1 Å². The van der Waals surface area contributed by atoms with Gasteiger partial charge in [0.05, 0.1) is 6.54 Å². The van der Waals surface area contributed by atoms with Crippen LogP contribution in [0, 0.1) is 11.7 Å². The fourth-order valence-electron chi connectivity index (χ4n) is 4.80. The molecular formula is C23H26FN3O2. The van der Waals surface area contributed by atoms with Crippen LogP contribution < -0.4 is 5.32 Å². The SMILES string of the molecule is CC(=O)N1C[C@H](c2ccccc2)[C@H]2CN(CC(=O)Nc3ccc(F)cc3)CC[C@H]21. The first-order valence-corrected chi connectivity index (χ1v) is 10.1. The van der Waals surface area contributed by atoms with Crippen LogP contribution >= 0.6 is 0 Å². The fourth-order valence-corrected chi connectivity index (χ4v) is 4.80. The number of amides is 2. The third-order valence-corrected chi connectivity index (χ3v) is 6.14. The molecule has 0 bridgehead atoms. The zero-order valence-corrected chi connectivity index (χ0v) is 16.6. The van der Waals surface area contributed by atoms with Gasteiger partial charge >= 0.3 is 0 Å². The largest absolute Gasteiger partial charge is 0.339 e. The van der Waals surface area contributed by atoms with Gasteiger partial charge in [0.15, 0.2) is 0 Å². The van der Waals surface area contributed by atoms with Gasteiger partial charge in [0.2, 0.25) is 11.8 Å². The van der Waals surface area contributed by atoms with Crippen molar-refractivity contribution in [3.8, 4) is 0 Å². The zero-order valence-electron chi connectivity index (χ0n) is 16.6. The molecule has 4 rings (SSSR count). The first-order chi connectivity index (χ1) is 14.0. The number of anilines is 1. The minimum atomic E-state index is -0.326. The van der Waals surface area contributed by atoms with Crippen molar-refractivity contribution >= 4 is 17.5 Å². The van der Waals surface area contributed by atoms with Crippen molar-refractivity contribution in [1.82, 2.24) is 9.80 Å². The van der Waals surface area contributed by atoms with E-state index in [-0.39, 0.29) is 29.6 Å². The molecule has 3 atom stereocenters. The normalized spacial score (nSPS) is 24.2. The van der Waals surface area contributed by atoms with Crippen LogP contribution in [-0.4, -0.2) is 53.8 Å². The molecule has 2 amide bonds. The Balaban J connectivity index is 1.44. The van der Waals surface area contributed by atoms with Crippen molar-refractivity contribution in [2.24, 2.45) is 5.92 Å². The molecule has 2 heterocycles. The third-order valence-electron chi connectivity index (χ3n) is 6.14. The number of fused-ring (bicyclic) bond motifs is 1. The number of halogens is 1. The van der Waals surface area contributed by atoms with Crippen molar-refractivity contribution in [3.05, 3.63) is 66.0 Å². The smallest absolute Gasteiger partial charge is 0.238 e. The zero-order chi connectivity index (χ0) is 20.4. The summed E-state index contributed by atoms with van der Waals surface area (Å²) in [5, 5.41) is 2.83. The van der Waals surface area contributed by atoms with E-state index in [0.717, 1.165) is 26.1 Å². The maximum absolute atomic E-state index is 13.0. The predicted octanol–water partition coefficient (Wildman–Crippen LogP) is 3.10. The topological polar surface area (TPSA) is 52.7 Å². The molecule has 5 nitrogen and oxygen atoms in total. The van der Waals surface area contributed by atoms with Crippen molar-refractivity contribution in [2.75, 3.05) is 31.5 Å². The molecule has 2 fully saturated rings. The summed E-state index contributed by atoms with van der Waals surface area (Å²) < 4.78 is 13.0. The molecule has 0 aromatic heterocycles. The van der Waals surface area contributed by atoms with E-state index >= 15 is 0 Å². The van der Waals surface area contributed by atoms with Gasteiger partial charge in [0.1, 0.15) is 5.82 Å². The van der Waals surface area contributed by atoms with Gasteiger partial charge in [-0.1, -0.05) is 30.3 Å². The van der Waals surface area contributed by atoms with Gasteiger partial charge < -0.3 is 10.2 Å². The lowest BCUT2D eigenvalue weighted by molar-refractivity contribution is -0.131. The third kappa shape index (κ3) is 4.32. The highest BCUT2D eigenvalue weighted by Crippen LogP contribution is 2.41. The summed E-state index contributed by atoms with van der Waals surface area (Å²) in [6.45, 7) is 4.24. The van der Waals surface area contributed by atoms with E-state index < -0.39 is 0 Å². The van der Waals surface area contributed by atoms with E-state index in [4.69, 9.17) is 0 Å². The second kappa shape index (κ2) is 8.33. The molecule has 2 aromatic rings. The Kier molecular flexibility index (Phi) is 5.62. The Morgan fingerprint density at radius 1 is 1.07 bits per heavy atom. The number of hydrogen-bond acceptors (Lipinski definition) is 3. The van der Waals surface area contributed by atoms with Gasteiger partial charge in [-0.25, -0.2) is 4.39 Å². The quantitative estimate of drug-likeness (QED) is 0.866. The van der Waals surface area contributed by atoms with E-state index in [9.17, 15) is 14.0 Å². The van der Waals surface area contributed by atoms with Crippen LogP contribution in [-0.2, 0) is 9.59 Å². The van der Waals surface area contributed by atoms with Crippen LogP contribution in [0.15, 0.2) is 54.6 Å². The van der Waals surface area contributed by atoms with E-state index in [1.54, 1.807) is 19.1 Å². The van der Waals surface area contributed by atoms with E-state index in [0.29, 0.717) is 18.2 Å². The number of carbonyl (C=O) groups excluding carboxylic acids is 2. The number of nitrogens with zero attached hydrogens (tertiary/aromatic N) is 2. The van der Waals surface area contributed by atoms with E-state index in [1.807, 2.05) is 23.1 Å². The van der Waals surface area contributed by atoms with Crippen molar-refractivity contribution in [3.63, 3.8) is 0 Å². The lowest BCUT2D eigenvalue weighted by atomic mass is 9.82. The molecule has 0 saturated carbocycles. The highest BCUT2D eigenvalue weighted by Gasteiger charge is 2.46. The average molecular weight is 395 g/mol. The molecule has 0 aliphatic carbocycles. The number of piperidine rings is 1. The summed E-state index contributed by atoms with van der Waals surface area (Å²) in [6.07, 6.45) is 0.872. The Morgan fingerprint density at radius 2 is 1.79 bits per heavy atom. The molecule has 152 valence electrons. The number of benzene rings is 2. The molecule has 0 unspecified atom stereocenters. The fraction of sp³-hybridized carbons (Fsp3) is 0.391. The number of carbonyl (C=O) groups is 2. The molecule has 6 heteroatoms. The van der Waals surface area contributed by atoms with Crippen LogP contribution in [0.3, 0.4) is 0 Å². The molecule has 2 saturated heterocycles. The molecule has 1 N–H and O–H groups in total. The van der Waals surface area contributed by atoms with E-state index in [1.165, 1.54) is 17.7 Å². The summed E-state index contributed by atoms with van der Waals surface area (Å²) in [7, 11) is 0. The molecule has 0 spiro atoms. The maximum Gasteiger partial charge on any atom is 0.238 e. The van der Waals surface area contributed by atoms with Crippen molar-refractivity contribution < 1.29 is 14.0 Å². The van der Waals surface area contributed by atoms with Crippen LogP contribution in [0.1, 0.15) is 24.8 Å². The second-order valence-electron chi connectivity index (χ2n) is 8.00. The van der Waals surface area contributed by atoms with Gasteiger partial charge in [0, 0.05) is 50.1 Å². The second-order valence-corrected chi connectivity index (χ2v) is 8.00. The summed E-state index contributed by atoms with van der Waals surface area (Å²) in [4.78, 5) is 28.8. The number of likely N-dealkylation sites (tertiary alicyclic amines) is 2. The first-order valence-electron chi connectivity index (χ1n) is 10.1.